The van der Waals surface area contributed by atoms with Gasteiger partial charge >= 0.3 is 0 Å². The lowest BCUT2D eigenvalue weighted by Gasteiger charge is -2.32. The quantitative estimate of drug-likeness (QED) is 0.252. The highest BCUT2D eigenvalue weighted by atomic mass is 16.7. The summed E-state index contributed by atoms with van der Waals surface area (Å²) in [6.07, 6.45) is 10.5. The van der Waals surface area contributed by atoms with Gasteiger partial charge in [-0.1, -0.05) is 19.1 Å². The number of nitrogens with zero attached hydrogens (tertiary/aromatic N) is 1. The average Bonchev–Trinajstić information content (AvgIpc) is 2.80. The lowest BCUT2D eigenvalue weighted by Crippen LogP contribution is -2.39. The van der Waals surface area contributed by atoms with Gasteiger partial charge in [0.05, 0.1) is 6.61 Å². The van der Waals surface area contributed by atoms with Crippen LogP contribution in [0, 0.1) is 5.21 Å². The molecule has 2 aliphatic rings. The van der Waals surface area contributed by atoms with Crippen molar-refractivity contribution >= 4 is 6.21 Å². The number of hydroxylamine groups is 1. The lowest BCUT2D eigenvalue weighted by molar-refractivity contribution is -0.509. The van der Waals surface area contributed by atoms with Gasteiger partial charge in [0.1, 0.15) is 6.10 Å². The fourth-order valence-corrected chi connectivity index (χ4v) is 2.92. The van der Waals surface area contributed by atoms with E-state index in [4.69, 9.17) is 9.47 Å². The van der Waals surface area contributed by atoms with Gasteiger partial charge in [0, 0.05) is 19.3 Å². The van der Waals surface area contributed by atoms with Gasteiger partial charge in [0.15, 0.2) is 18.0 Å². The Labute approximate surface area is 115 Å². The largest absolute Gasteiger partial charge is 0.624 e. The molecule has 0 unspecified atom stereocenters. The molecule has 1 aliphatic carbocycles. The molecule has 2 rings (SSSR count). The molecular weight excluding hydrogens is 242 g/mol. The third-order valence-corrected chi connectivity index (χ3v) is 3.91. The van der Waals surface area contributed by atoms with E-state index < -0.39 is 5.79 Å². The van der Waals surface area contributed by atoms with Gasteiger partial charge < -0.3 is 14.7 Å². The van der Waals surface area contributed by atoms with E-state index in [9.17, 15) is 5.21 Å². The van der Waals surface area contributed by atoms with Crippen LogP contribution in [0.25, 0.3) is 0 Å². The van der Waals surface area contributed by atoms with Gasteiger partial charge in [-0.25, -0.2) is 4.74 Å². The Balaban J connectivity index is 2.05. The van der Waals surface area contributed by atoms with Crippen LogP contribution in [0.5, 0.6) is 0 Å². The van der Waals surface area contributed by atoms with E-state index in [0.29, 0.717) is 13.0 Å². The zero-order valence-electron chi connectivity index (χ0n) is 11.4. The van der Waals surface area contributed by atoms with Crippen molar-refractivity contribution in [2.45, 2.75) is 56.5 Å². The van der Waals surface area contributed by atoms with E-state index in [-0.39, 0.29) is 12.1 Å². The molecule has 4 heteroatoms. The van der Waals surface area contributed by atoms with Crippen LogP contribution in [-0.4, -0.2) is 35.5 Å². The molecule has 0 aromatic rings. The van der Waals surface area contributed by atoms with Crippen molar-refractivity contribution in [2.24, 2.45) is 0 Å². The Morgan fingerprint density at radius 2 is 2.05 bits per heavy atom. The Kier molecular flexibility index (Phi) is 4.77. The molecular formula is C15H23NO3. The number of rotatable bonds is 5. The monoisotopic (exact) mass is 265 g/mol. The molecule has 0 amide bonds. The van der Waals surface area contributed by atoms with E-state index in [2.05, 4.69) is 13.2 Å². The maximum atomic E-state index is 12.0. The normalized spacial score (nSPS) is 28.2. The van der Waals surface area contributed by atoms with Crippen molar-refractivity contribution in [3.05, 3.63) is 30.5 Å². The van der Waals surface area contributed by atoms with E-state index in [1.54, 1.807) is 6.08 Å². The molecule has 1 saturated carbocycles. The van der Waals surface area contributed by atoms with E-state index in [1.165, 1.54) is 18.7 Å². The van der Waals surface area contributed by atoms with E-state index in [1.807, 2.05) is 0 Å². The molecule has 1 aliphatic heterocycles. The summed E-state index contributed by atoms with van der Waals surface area (Å²) >= 11 is 0. The smallest absolute Gasteiger partial charge is 0.194 e. The van der Waals surface area contributed by atoms with E-state index >= 15 is 0 Å². The predicted molar refractivity (Wildman–Crippen MR) is 75.1 cm³/mol. The maximum absolute atomic E-state index is 12.0. The Morgan fingerprint density at radius 1 is 1.32 bits per heavy atom. The predicted octanol–water partition coefficient (Wildman–Crippen LogP) is 2.77. The molecule has 1 saturated heterocycles. The number of hydrogen-bond acceptors (Lipinski definition) is 3. The Bertz CT molecular complexity index is 358. The molecule has 2 atom stereocenters. The summed E-state index contributed by atoms with van der Waals surface area (Å²) in [5, 5.41) is 12.0. The summed E-state index contributed by atoms with van der Waals surface area (Å²) < 4.78 is 12.9. The summed E-state index contributed by atoms with van der Waals surface area (Å²) in [5.41, 5.74) is 0. The molecule has 2 fully saturated rings. The average molecular weight is 265 g/mol. The molecule has 0 aromatic carbocycles. The lowest BCUT2D eigenvalue weighted by atomic mass is 9.94. The highest BCUT2D eigenvalue weighted by molar-refractivity contribution is 5.65. The first-order chi connectivity index (χ1) is 9.21. The zero-order chi connectivity index (χ0) is 13.7. The van der Waals surface area contributed by atoms with Crippen molar-refractivity contribution in [2.75, 3.05) is 6.61 Å². The summed E-state index contributed by atoms with van der Waals surface area (Å²) in [5.74, 6) is -0.433. The van der Waals surface area contributed by atoms with Crippen LogP contribution in [-0.2, 0) is 9.47 Å². The van der Waals surface area contributed by atoms with Gasteiger partial charge in [0.25, 0.3) is 0 Å². The van der Waals surface area contributed by atoms with Crippen molar-refractivity contribution in [1.29, 1.82) is 0 Å². The highest BCUT2D eigenvalue weighted by Gasteiger charge is 2.46. The number of ether oxygens (including phenoxy) is 2. The molecule has 4 nitrogen and oxygen atoms in total. The van der Waals surface area contributed by atoms with E-state index in [0.717, 1.165) is 30.4 Å². The molecule has 1 spiro atoms. The fraction of sp³-hybridized carbons (Fsp3) is 0.667. The molecule has 1 heterocycles. The molecule has 19 heavy (non-hydrogen) atoms. The first-order valence-electron chi connectivity index (χ1n) is 7.05. The Morgan fingerprint density at radius 3 is 2.68 bits per heavy atom. The molecule has 0 N–H and O–H groups in total. The van der Waals surface area contributed by atoms with Crippen molar-refractivity contribution < 1.29 is 14.2 Å². The topological polar surface area (TPSA) is 44.5 Å². The minimum absolute atomic E-state index is 0.190. The summed E-state index contributed by atoms with van der Waals surface area (Å²) in [6, 6.07) is -0.281. The van der Waals surface area contributed by atoms with Crippen LogP contribution >= 0.6 is 0 Å². The second kappa shape index (κ2) is 6.35. The van der Waals surface area contributed by atoms with Gasteiger partial charge in [-0.15, -0.1) is 6.58 Å². The van der Waals surface area contributed by atoms with Crippen LogP contribution in [0.2, 0.25) is 0 Å². The van der Waals surface area contributed by atoms with Gasteiger partial charge in [-0.05, 0) is 18.9 Å². The van der Waals surface area contributed by atoms with Crippen LogP contribution in [0.15, 0.2) is 25.3 Å². The second-order valence-corrected chi connectivity index (χ2v) is 5.28. The van der Waals surface area contributed by atoms with Gasteiger partial charge in [-0.2, -0.15) is 0 Å². The van der Waals surface area contributed by atoms with Crippen LogP contribution in [0.3, 0.4) is 0 Å². The molecule has 0 aromatic heterocycles. The first-order valence-corrected chi connectivity index (χ1v) is 7.05. The van der Waals surface area contributed by atoms with Crippen molar-refractivity contribution in [3.8, 4) is 0 Å². The summed E-state index contributed by atoms with van der Waals surface area (Å²) in [7, 11) is 0. The maximum Gasteiger partial charge on any atom is 0.194 e. The molecule has 106 valence electrons. The standard InChI is InChI=1S/C15H23NO3/c1-3-8-13(16(17)11-4-2)14-12-18-15(19-14)9-6-5-7-10-15/h3-4,11,13-14H,1-2,5-10,12H2/b16-11-/t13-,14+/m0/s1. The summed E-state index contributed by atoms with van der Waals surface area (Å²) in [6.45, 7) is 7.76. The third-order valence-electron chi connectivity index (χ3n) is 3.91. The van der Waals surface area contributed by atoms with Gasteiger partial charge in [-0.3, -0.25) is 0 Å². The minimum atomic E-state index is -0.433. The first kappa shape index (κ1) is 14.3. The molecule has 0 radical (unpaired) electrons. The zero-order valence-corrected chi connectivity index (χ0v) is 11.4. The third kappa shape index (κ3) is 3.25. The summed E-state index contributed by atoms with van der Waals surface area (Å²) in [4.78, 5) is 0. The van der Waals surface area contributed by atoms with Crippen molar-refractivity contribution in [1.82, 2.24) is 0 Å². The van der Waals surface area contributed by atoms with Gasteiger partial charge in [0.2, 0.25) is 0 Å². The molecule has 0 bridgehead atoms. The van der Waals surface area contributed by atoms with Crippen molar-refractivity contribution in [3.63, 3.8) is 0 Å². The fourth-order valence-electron chi connectivity index (χ4n) is 2.92. The highest BCUT2D eigenvalue weighted by Crippen LogP contribution is 2.39. The number of hydrogen-bond donors (Lipinski definition) is 0. The van der Waals surface area contributed by atoms with Crippen LogP contribution in [0.1, 0.15) is 38.5 Å². The van der Waals surface area contributed by atoms with Crippen LogP contribution in [0.4, 0.5) is 0 Å². The minimum Gasteiger partial charge on any atom is -0.624 e. The van der Waals surface area contributed by atoms with Crippen LogP contribution < -0.4 is 0 Å². The Hall–Kier alpha value is -1.13. The second-order valence-electron chi connectivity index (χ2n) is 5.28. The number of allylic oxidation sites excluding steroid dienone is 1. The SMILES string of the molecule is C=C/C=[N+](\[O-])[C@@H](CC=C)[C@H]1COC2(CCCCC2)O1.